The number of hydrogen-bond donors (Lipinski definition) is 2. The molecule has 0 unspecified atom stereocenters. The Bertz CT molecular complexity index is 880. The van der Waals surface area contributed by atoms with Crippen molar-refractivity contribution >= 4 is 51.4 Å². The molecule has 1 aromatic heterocycles. The normalized spacial score (nSPS) is 10.5. The minimum atomic E-state index is -0.453. The summed E-state index contributed by atoms with van der Waals surface area (Å²) in [6.45, 7) is 2.02. The molecular formula is C16H12Cl2N4OS. The van der Waals surface area contributed by atoms with Crippen LogP contribution in [0.2, 0.25) is 10.0 Å². The Morgan fingerprint density at radius 3 is 2.50 bits per heavy atom. The first-order valence-electron chi connectivity index (χ1n) is 6.95. The Morgan fingerprint density at radius 1 is 1.04 bits per heavy atom. The number of rotatable bonds is 3. The van der Waals surface area contributed by atoms with Crippen LogP contribution in [0.25, 0.3) is 10.6 Å². The summed E-state index contributed by atoms with van der Waals surface area (Å²) in [5.41, 5.74) is 2.58. The lowest BCUT2D eigenvalue weighted by Crippen LogP contribution is -2.19. The summed E-state index contributed by atoms with van der Waals surface area (Å²) in [5, 5.41) is 15.3. The molecule has 2 aromatic carbocycles. The molecule has 1 heterocycles. The quantitative estimate of drug-likeness (QED) is 0.635. The second kappa shape index (κ2) is 7.17. The maximum Gasteiger partial charge on any atom is 0.325 e. The van der Waals surface area contributed by atoms with Crippen LogP contribution in [0.3, 0.4) is 0 Å². The van der Waals surface area contributed by atoms with Crippen molar-refractivity contribution in [2.45, 2.75) is 6.92 Å². The molecule has 0 atom stereocenters. The van der Waals surface area contributed by atoms with Gasteiger partial charge in [-0.1, -0.05) is 64.4 Å². The number of aromatic nitrogens is 2. The van der Waals surface area contributed by atoms with Crippen molar-refractivity contribution < 1.29 is 4.79 Å². The van der Waals surface area contributed by atoms with Crippen LogP contribution in [-0.4, -0.2) is 16.2 Å². The van der Waals surface area contributed by atoms with Crippen LogP contribution in [0.5, 0.6) is 0 Å². The maximum absolute atomic E-state index is 12.0. The molecule has 0 aliphatic carbocycles. The highest BCUT2D eigenvalue weighted by Crippen LogP contribution is 2.28. The molecule has 8 heteroatoms. The predicted octanol–water partition coefficient (Wildman–Crippen LogP) is 5.46. The fraction of sp³-hybridized carbons (Fsp3) is 0.0625. The van der Waals surface area contributed by atoms with Crippen molar-refractivity contribution in [1.29, 1.82) is 0 Å². The van der Waals surface area contributed by atoms with Gasteiger partial charge in [-0.3, -0.25) is 5.32 Å². The fourth-order valence-corrected chi connectivity index (χ4v) is 3.13. The number of urea groups is 1. The van der Waals surface area contributed by atoms with E-state index in [-0.39, 0.29) is 0 Å². The van der Waals surface area contributed by atoms with Gasteiger partial charge in [0.1, 0.15) is 5.01 Å². The molecule has 3 aromatic rings. The minimum absolute atomic E-state index is 0.357. The molecule has 24 heavy (non-hydrogen) atoms. The Morgan fingerprint density at radius 2 is 1.79 bits per heavy atom. The Balaban J connectivity index is 1.68. The standard InChI is InChI=1S/C16H12Cl2N4OS/c1-9-2-4-10(5-3-9)14-21-22-16(24-14)20-15(23)19-13-7-6-11(17)8-12(13)18/h2-8H,1H3,(H2,19,20,22,23). The maximum atomic E-state index is 12.0. The monoisotopic (exact) mass is 378 g/mol. The summed E-state index contributed by atoms with van der Waals surface area (Å²) >= 11 is 13.1. The van der Waals surface area contributed by atoms with Gasteiger partial charge in [0.2, 0.25) is 5.13 Å². The number of amides is 2. The van der Waals surface area contributed by atoms with E-state index in [9.17, 15) is 4.79 Å². The molecule has 0 aliphatic rings. The first-order valence-corrected chi connectivity index (χ1v) is 8.52. The SMILES string of the molecule is Cc1ccc(-c2nnc(NC(=O)Nc3ccc(Cl)cc3Cl)s2)cc1. The van der Waals surface area contributed by atoms with Gasteiger partial charge in [-0.15, -0.1) is 10.2 Å². The molecule has 0 spiro atoms. The number of carbonyl (C=O) groups is 1. The van der Waals surface area contributed by atoms with E-state index >= 15 is 0 Å². The minimum Gasteiger partial charge on any atom is -0.306 e. The number of halogens is 2. The van der Waals surface area contributed by atoms with E-state index in [4.69, 9.17) is 23.2 Å². The molecule has 0 fully saturated rings. The van der Waals surface area contributed by atoms with Gasteiger partial charge in [0.05, 0.1) is 10.7 Å². The first kappa shape index (κ1) is 16.7. The smallest absolute Gasteiger partial charge is 0.306 e. The summed E-state index contributed by atoms with van der Waals surface area (Å²) in [6.07, 6.45) is 0. The summed E-state index contributed by atoms with van der Waals surface area (Å²) in [7, 11) is 0. The molecule has 2 N–H and O–H groups in total. The third kappa shape index (κ3) is 4.03. The second-order valence-electron chi connectivity index (χ2n) is 4.98. The van der Waals surface area contributed by atoms with Crippen molar-refractivity contribution in [2.24, 2.45) is 0 Å². The number of benzene rings is 2. The van der Waals surface area contributed by atoms with E-state index in [1.165, 1.54) is 16.9 Å². The highest BCUT2D eigenvalue weighted by atomic mass is 35.5. The lowest BCUT2D eigenvalue weighted by atomic mass is 10.2. The van der Waals surface area contributed by atoms with Crippen LogP contribution in [-0.2, 0) is 0 Å². The zero-order valence-electron chi connectivity index (χ0n) is 12.5. The largest absolute Gasteiger partial charge is 0.325 e. The van der Waals surface area contributed by atoms with Gasteiger partial charge in [-0.25, -0.2) is 4.79 Å². The number of carbonyl (C=O) groups excluding carboxylic acids is 1. The van der Waals surface area contributed by atoms with Gasteiger partial charge < -0.3 is 5.32 Å². The molecule has 0 saturated carbocycles. The molecule has 0 aliphatic heterocycles. The highest BCUT2D eigenvalue weighted by Gasteiger charge is 2.11. The summed E-state index contributed by atoms with van der Waals surface area (Å²) in [6, 6.07) is 12.3. The third-order valence-electron chi connectivity index (χ3n) is 3.12. The summed E-state index contributed by atoms with van der Waals surface area (Å²) in [5.74, 6) is 0. The fourth-order valence-electron chi connectivity index (χ4n) is 1.93. The van der Waals surface area contributed by atoms with Gasteiger partial charge in [0, 0.05) is 10.6 Å². The zero-order valence-corrected chi connectivity index (χ0v) is 14.8. The molecule has 0 saturated heterocycles. The van der Waals surface area contributed by atoms with Crippen LogP contribution >= 0.6 is 34.5 Å². The number of anilines is 2. The molecule has 122 valence electrons. The number of nitrogens with one attached hydrogen (secondary N) is 2. The van der Waals surface area contributed by atoms with Crippen LogP contribution in [0.4, 0.5) is 15.6 Å². The molecular weight excluding hydrogens is 367 g/mol. The molecule has 5 nitrogen and oxygen atoms in total. The van der Waals surface area contributed by atoms with E-state index in [2.05, 4.69) is 20.8 Å². The number of aryl methyl sites for hydroxylation is 1. The number of nitrogens with zero attached hydrogens (tertiary/aromatic N) is 2. The Hall–Kier alpha value is -2.15. The van der Waals surface area contributed by atoms with Crippen LogP contribution in [0, 0.1) is 6.92 Å². The van der Waals surface area contributed by atoms with Crippen LogP contribution in [0.15, 0.2) is 42.5 Å². The Labute approximate surface area is 152 Å². The molecule has 0 bridgehead atoms. The average molecular weight is 379 g/mol. The molecule has 2 amide bonds. The van der Waals surface area contributed by atoms with Crippen molar-refractivity contribution in [3.63, 3.8) is 0 Å². The van der Waals surface area contributed by atoms with Crippen molar-refractivity contribution in [1.82, 2.24) is 10.2 Å². The van der Waals surface area contributed by atoms with Gasteiger partial charge in [0.25, 0.3) is 0 Å². The lowest BCUT2D eigenvalue weighted by Gasteiger charge is -2.07. The summed E-state index contributed by atoms with van der Waals surface area (Å²) < 4.78 is 0. The lowest BCUT2D eigenvalue weighted by molar-refractivity contribution is 0.262. The highest BCUT2D eigenvalue weighted by molar-refractivity contribution is 7.18. The van der Waals surface area contributed by atoms with Crippen LogP contribution < -0.4 is 10.6 Å². The number of hydrogen-bond acceptors (Lipinski definition) is 4. The second-order valence-corrected chi connectivity index (χ2v) is 6.80. The van der Waals surface area contributed by atoms with E-state index in [0.29, 0.717) is 20.9 Å². The van der Waals surface area contributed by atoms with E-state index in [0.717, 1.165) is 10.6 Å². The predicted molar refractivity (Wildman–Crippen MR) is 99.2 cm³/mol. The van der Waals surface area contributed by atoms with Crippen molar-refractivity contribution in [3.05, 3.63) is 58.1 Å². The molecule has 0 radical (unpaired) electrons. The van der Waals surface area contributed by atoms with Gasteiger partial charge in [-0.05, 0) is 25.1 Å². The Kier molecular flexibility index (Phi) is 4.99. The summed E-state index contributed by atoms with van der Waals surface area (Å²) in [4.78, 5) is 12.0. The van der Waals surface area contributed by atoms with E-state index < -0.39 is 6.03 Å². The van der Waals surface area contributed by atoms with Gasteiger partial charge in [0.15, 0.2) is 0 Å². The van der Waals surface area contributed by atoms with Gasteiger partial charge in [-0.2, -0.15) is 0 Å². The average Bonchev–Trinajstić information content (AvgIpc) is 2.99. The topological polar surface area (TPSA) is 66.9 Å². The first-order chi connectivity index (χ1) is 11.5. The van der Waals surface area contributed by atoms with Crippen LogP contribution in [0.1, 0.15) is 5.56 Å². The van der Waals surface area contributed by atoms with E-state index in [1.54, 1.807) is 18.2 Å². The van der Waals surface area contributed by atoms with Crippen molar-refractivity contribution in [3.8, 4) is 10.6 Å². The zero-order chi connectivity index (χ0) is 17.1. The van der Waals surface area contributed by atoms with E-state index in [1.807, 2.05) is 31.2 Å². The molecule has 3 rings (SSSR count). The van der Waals surface area contributed by atoms with Crippen molar-refractivity contribution in [2.75, 3.05) is 10.6 Å². The van der Waals surface area contributed by atoms with Gasteiger partial charge >= 0.3 is 6.03 Å². The third-order valence-corrected chi connectivity index (χ3v) is 4.56.